The number of H-pyrrole nitrogens is 1. The zero-order valence-electron chi connectivity index (χ0n) is 18.0. The van der Waals surface area contributed by atoms with Crippen LogP contribution in [0.15, 0.2) is 42.5 Å². The Labute approximate surface area is 199 Å². The van der Waals surface area contributed by atoms with Gasteiger partial charge in [-0.05, 0) is 11.6 Å². The van der Waals surface area contributed by atoms with Gasteiger partial charge >= 0.3 is 0 Å². The molecule has 0 radical (unpaired) electrons. The first-order valence-corrected chi connectivity index (χ1v) is 10.9. The number of para-hydroxylation sites is 2. The number of rotatable bonds is 1. The molecule has 0 aliphatic carbocycles. The molecule has 2 aliphatic heterocycles. The van der Waals surface area contributed by atoms with Crippen LogP contribution in [0.5, 0.6) is 0 Å². The largest absolute Gasteiger partial charge is 0.353 e. The lowest BCUT2D eigenvalue weighted by Gasteiger charge is -2.20. The van der Waals surface area contributed by atoms with Gasteiger partial charge in [0.1, 0.15) is 0 Å². The van der Waals surface area contributed by atoms with E-state index in [-0.39, 0.29) is 36.7 Å². The van der Waals surface area contributed by atoms with Gasteiger partial charge in [-0.2, -0.15) is 0 Å². The van der Waals surface area contributed by atoms with Crippen LogP contribution in [0.3, 0.4) is 0 Å². The van der Waals surface area contributed by atoms with Crippen LogP contribution in [0.1, 0.15) is 26.3 Å². The fraction of sp³-hybridized carbons (Fsp3) is 0.160. The molecule has 3 aromatic carbocycles. The van der Waals surface area contributed by atoms with Crippen molar-refractivity contribution >= 4 is 73.7 Å². The Morgan fingerprint density at radius 2 is 1.65 bits per heavy atom. The van der Waals surface area contributed by atoms with Crippen LogP contribution >= 0.6 is 12.4 Å². The molecule has 4 heterocycles. The van der Waals surface area contributed by atoms with Crippen molar-refractivity contribution in [3.05, 3.63) is 59.2 Å². The summed E-state index contributed by atoms with van der Waals surface area (Å²) >= 11 is 0. The van der Waals surface area contributed by atoms with Crippen molar-refractivity contribution in [1.82, 2.24) is 19.8 Å². The van der Waals surface area contributed by atoms with Crippen LogP contribution in [0.25, 0.3) is 43.6 Å². The van der Waals surface area contributed by atoms with Gasteiger partial charge in [0.15, 0.2) is 0 Å². The lowest BCUT2D eigenvalue weighted by atomic mass is 9.96. The first kappa shape index (κ1) is 20.7. The number of nitrogens with zero attached hydrogens (tertiary/aromatic N) is 2. The van der Waals surface area contributed by atoms with E-state index in [1.165, 1.54) is 0 Å². The number of aromatic nitrogens is 2. The molecule has 0 fully saturated rings. The van der Waals surface area contributed by atoms with E-state index in [9.17, 15) is 14.4 Å². The Kier molecular flexibility index (Phi) is 4.30. The summed E-state index contributed by atoms with van der Waals surface area (Å²) in [7, 11) is 0. The van der Waals surface area contributed by atoms with Crippen LogP contribution in [-0.4, -0.2) is 45.3 Å². The van der Waals surface area contributed by atoms with Gasteiger partial charge in [-0.15, -0.1) is 12.4 Å². The van der Waals surface area contributed by atoms with Crippen LogP contribution < -0.4 is 11.1 Å². The number of benzene rings is 3. The third-order valence-corrected chi connectivity index (χ3v) is 7.02. The van der Waals surface area contributed by atoms with Crippen molar-refractivity contribution in [3.8, 4) is 0 Å². The maximum atomic E-state index is 13.1. The topological polar surface area (TPSA) is 113 Å². The molecule has 0 bridgehead atoms. The minimum Gasteiger partial charge on any atom is -0.353 e. The minimum atomic E-state index is -0.367. The zero-order chi connectivity index (χ0) is 22.4. The second-order valence-corrected chi connectivity index (χ2v) is 8.66. The molecule has 0 saturated heterocycles. The third-order valence-electron chi connectivity index (χ3n) is 7.02. The fourth-order valence-electron chi connectivity index (χ4n) is 5.71. The third kappa shape index (κ3) is 2.44. The van der Waals surface area contributed by atoms with E-state index >= 15 is 0 Å². The maximum absolute atomic E-state index is 13.1. The van der Waals surface area contributed by atoms with Gasteiger partial charge in [-0.1, -0.05) is 36.4 Å². The predicted molar refractivity (Wildman–Crippen MR) is 132 cm³/mol. The summed E-state index contributed by atoms with van der Waals surface area (Å²) in [4.78, 5) is 43.8. The van der Waals surface area contributed by atoms with E-state index in [0.717, 1.165) is 49.2 Å². The van der Waals surface area contributed by atoms with Crippen molar-refractivity contribution in [3.63, 3.8) is 0 Å². The number of halogens is 1. The number of aromatic amines is 1. The highest BCUT2D eigenvalue weighted by molar-refractivity contribution is 6.39. The normalized spacial score (nSPS) is 15.1. The summed E-state index contributed by atoms with van der Waals surface area (Å²) in [5.41, 5.74) is 11.1. The lowest BCUT2D eigenvalue weighted by Crippen LogP contribution is -2.36. The smallest absolute Gasteiger partial charge is 0.259 e. The van der Waals surface area contributed by atoms with Crippen LogP contribution in [0.2, 0.25) is 0 Å². The number of hydrogen-bond donors (Lipinski definition) is 3. The molecular formula is C25H20ClN5O3. The Hall–Kier alpha value is -3.88. The zero-order valence-corrected chi connectivity index (χ0v) is 18.8. The standard InChI is InChI=1S/C25H19N5O3.ClH/c26-10-16(31)29-8-9-30-22-12(11-29)4-3-6-14(22)18-20-19(24(32)28-25(20)33)17-13-5-1-2-7-15(13)27-21(17)23(18)30;/h1-7,27H,8-11,26H2,(H,28,32,33);1H. The molecule has 2 aliphatic rings. The van der Waals surface area contributed by atoms with E-state index in [0.29, 0.717) is 30.8 Å². The monoisotopic (exact) mass is 473 g/mol. The summed E-state index contributed by atoms with van der Waals surface area (Å²) in [5, 5.41) is 5.87. The average molecular weight is 474 g/mol. The number of fused-ring (bicyclic) bond motifs is 10. The molecule has 8 nitrogen and oxygen atoms in total. The van der Waals surface area contributed by atoms with Gasteiger partial charge in [0.05, 0.1) is 34.2 Å². The Morgan fingerprint density at radius 1 is 0.912 bits per heavy atom. The first-order valence-electron chi connectivity index (χ1n) is 10.9. The quantitative estimate of drug-likeness (QED) is 0.325. The molecule has 2 aromatic heterocycles. The van der Waals surface area contributed by atoms with Gasteiger partial charge < -0.3 is 20.2 Å². The van der Waals surface area contributed by atoms with Crippen molar-refractivity contribution in [2.75, 3.05) is 13.1 Å². The SMILES string of the molecule is Cl.NCC(=O)N1CCn2c3c(cccc3c3c4c(c5c6ccccc6[nH]c5c32)C(=O)NC4=O)C1. The van der Waals surface area contributed by atoms with E-state index in [1.807, 2.05) is 42.5 Å². The predicted octanol–water partition coefficient (Wildman–Crippen LogP) is 3.04. The van der Waals surface area contributed by atoms with E-state index in [1.54, 1.807) is 4.90 Å². The maximum Gasteiger partial charge on any atom is 0.259 e. The fourth-order valence-corrected chi connectivity index (χ4v) is 5.71. The summed E-state index contributed by atoms with van der Waals surface area (Å²) in [6.07, 6.45) is 0. The Balaban J connectivity index is 0.00000217. The van der Waals surface area contributed by atoms with Crippen molar-refractivity contribution < 1.29 is 14.4 Å². The molecular weight excluding hydrogens is 454 g/mol. The van der Waals surface area contributed by atoms with E-state index in [4.69, 9.17) is 5.73 Å². The number of hydrogen-bond acceptors (Lipinski definition) is 4. The van der Waals surface area contributed by atoms with Gasteiger partial charge in [-0.25, -0.2) is 0 Å². The van der Waals surface area contributed by atoms with Gasteiger partial charge in [0, 0.05) is 46.7 Å². The average Bonchev–Trinajstić information content (AvgIpc) is 3.40. The molecule has 0 atom stereocenters. The minimum absolute atomic E-state index is 0. The molecule has 34 heavy (non-hydrogen) atoms. The highest BCUT2D eigenvalue weighted by Gasteiger charge is 2.36. The number of nitrogens with one attached hydrogen (secondary N) is 2. The number of amides is 3. The lowest BCUT2D eigenvalue weighted by molar-refractivity contribution is -0.130. The number of imide groups is 1. The number of nitrogens with two attached hydrogens (primary N) is 1. The van der Waals surface area contributed by atoms with Gasteiger partial charge in [0.25, 0.3) is 11.8 Å². The van der Waals surface area contributed by atoms with Gasteiger partial charge in [-0.3, -0.25) is 19.7 Å². The molecule has 170 valence electrons. The van der Waals surface area contributed by atoms with Crippen molar-refractivity contribution in [2.45, 2.75) is 13.1 Å². The summed E-state index contributed by atoms with van der Waals surface area (Å²) in [6, 6.07) is 13.7. The van der Waals surface area contributed by atoms with Crippen molar-refractivity contribution in [2.24, 2.45) is 5.73 Å². The molecule has 0 saturated carbocycles. The number of carbonyl (C=O) groups is 3. The van der Waals surface area contributed by atoms with Crippen LogP contribution in [0, 0.1) is 0 Å². The van der Waals surface area contributed by atoms with Crippen LogP contribution in [-0.2, 0) is 17.9 Å². The summed E-state index contributed by atoms with van der Waals surface area (Å²) < 4.78 is 2.19. The Morgan fingerprint density at radius 3 is 2.44 bits per heavy atom. The molecule has 0 spiro atoms. The molecule has 3 amide bonds. The summed E-state index contributed by atoms with van der Waals surface area (Å²) in [6.45, 7) is 1.48. The van der Waals surface area contributed by atoms with Crippen molar-refractivity contribution in [1.29, 1.82) is 0 Å². The number of carbonyl (C=O) groups excluding carboxylic acids is 3. The van der Waals surface area contributed by atoms with E-state index in [2.05, 4.69) is 14.9 Å². The molecule has 0 unspecified atom stereocenters. The van der Waals surface area contributed by atoms with Crippen LogP contribution in [0.4, 0.5) is 0 Å². The Bertz CT molecular complexity index is 1730. The van der Waals surface area contributed by atoms with E-state index < -0.39 is 0 Å². The second-order valence-electron chi connectivity index (χ2n) is 8.66. The highest BCUT2D eigenvalue weighted by atomic mass is 35.5. The second kappa shape index (κ2) is 7.06. The molecule has 5 aromatic rings. The molecule has 4 N–H and O–H groups in total. The summed E-state index contributed by atoms with van der Waals surface area (Å²) in [5.74, 6) is -0.826. The first-order chi connectivity index (χ1) is 16.1. The molecule has 7 rings (SSSR count). The highest BCUT2D eigenvalue weighted by Crippen LogP contribution is 2.44. The van der Waals surface area contributed by atoms with Gasteiger partial charge in [0.2, 0.25) is 5.91 Å². The molecule has 9 heteroatoms.